The van der Waals surface area contributed by atoms with Gasteiger partial charge in [0.25, 0.3) is 0 Å². The summed E-state index contributed by atoms with van der Waals surface area (Å²) in [7, 11) is 0. The molecule has 5 heteroatoms. The third kappa shape index (κ3) is 5.96. The number of fused-ring (bicyclic) bond motifs is 1. The van der Waals surface area contributed by atoms with Gasteiger partial charge >= 0.3 is 5.97 Å². The zero-order valence-corrected chi connectivity index (χ0v) is 22.0. The van der Waals surface area contributed by atoms with Crippen molar-refractivity contribution >= 4 is 44.7 Å². The van der Waals surface area contributed by atoms with E-state index in [4.69, 9.17) is 9.84 Å². The van der Waals surface area contributed by atoms with Crippen molar-refractivity contribution < 1.29 is 14.6 Å². The van der Waals surface area contributed by atoms with Crippen LogP contribution in [0.25, 0.3) is 26.8 Å². The summed E-state index contributed by atoms with van der Waals surface area (Å²) in [5.74, 6) is 0.425. The quantitative estimate of drug-likeness (QED) is 0.197. The zero-order chi connectivity index (χ0) is 25.6. The number of thiophene rings is 1. The van der Waals surface area contributed by atoms with Crippen LogP contribution < -0.4 is 4.74 Å². The monoisotopic (exact) mass is 522 g/mol. The van der Waals surface area contributed by atoms with E-state index in [0.717, 1.165) is 16.2 Å². The van der Waals surface area contributed by atoms with Crippen LogP contribution >= 0.6 is 23.1 Å². The van der Waals surface area contributed by atoms with Crippen molar-refractivity contribution in [2.75, 3.05) is 12.4 Å². The molecule has 1 heterocycles. The second kappa shape index (κ2) is 11.5. The topological polar surface area (TPSA) is 46.5 Å². The van der Waals surface area contributed by atoms with Gasteiger partial charge in [0.15, 0.2) is 6.61 Å². The van der Waals surface area contributed by atoms with E-state index in [1.165, 1.54) is 37.9 Å². The van der Waals surface area contributed by atoms with Crippen LogP contribution in [0.15, 0.2) is 113 Å². The van der Waals surface area contributed by atoms with Gasteiger partial charge in [-0.15, -0.1) is 23.1 Å². The number of rotatable bonds is 9. The summed E-state index contributed by atoms with van der Waals surface area (Å²) < 4.78 is 6.65. The van der Waals surface area contributed by atoms with E-state index in [1.807, 2.05) is 31.2 Å². The molecule has 0 aliphatic carbocycles. The van der Waals surface area contributed by atoms with Crippen molar-refractivity contribution in [3.8, 4) is 16.9 Å². The molecule has 0 saturated carbocycles. The smallest absolute Gasteiger partial charge is 0.341 e. The number of hydrogen-bond acceptors (Lipinski definition) is 4. The fourth-order valence-corrected chi connectivity index (χ4v) is 6.10. The van der Waals surface area contributed by atoms with Gasteiger partial charge in [0.2, 0.25) is 0 Å². The van der Waals surface area contributed by atoms with Gasteiger partial charge in [-0.1, -0.05) is 78.9 Å². The molecule has 0 radical (unpaired) electrons. The lowest BCUT2D eigenvalue weighted by Crippen LogP contribution is -2.09. The van der Waals surface area contributed by atoms with E-state index in [0.29, 0.717) is 5.75 Å². The van der Waals surface area contributed by atoms with Gasteiger partial charge in [-0.3, -0.25) is 0 Å². The molecule has 0 aliphatic heterocycles. The molecule has 0 bridgehead atoms. The second-order valence-electron chi connectivity index (χ2n) is 8.63. The highest BCUT2D eigenvalue weighted by molar-refractivity contribution is 7.99. The Labute approximate surface area is 225 Å². The van der Waals surface area contributed by atoms with Crippen molar-refractivity contribution in [1.29, 1.82) is 0 Å². The minimum atomic E-state index is -0.978. The first-order valence-corrected chi connectivity index (χ1v) is 13.9. The predicted molar refractivity (Wildman–Crippen MR) is 156 cm³/mol. The maximum absolute atomic E-state index is 10.8. The molecule has 1 aromatic heterocycles. The summed E-state index contributed by atoms with van der Waals surface area (Å²) in [6.45, 7) is 1.60. The molecule has 0 amide bonds. The third-order valence-electron chi connectivity index (χ3n) is 6.11. The van der Waals surface area contributed by atoms with Gasteiger partial charge in [-0.05, 0) is 64.4 Å². The Morgan fingerprint density at radius 1 is 0.919 bits per heavy atom. The summed E-state index contributed by atoms with van der Waals surface area (Å²) in [6.07, 6.45) is 2.31. The fourth-order valence-electron chi connectivity index (χ4n) is 4.28. The second-order valence-corrected chi connectivity index (χ2v) is 10.6. The van der Waals surface area contributed by atoms with Crippen molar-refractivity contribution in [1.82, 2.24) is 0 Å². The number of ether oxygens (including phenoxy) is 1. The average molecular weight is 523 g/mol. The van der Waals surface area contributed by atoms with Crippen molar-refractivity contribution in [2.45, 2.75) is 11.8 Å². The van der Waals surface area contributed by atoms with Crippen molar-refractivity contribution in [2.24, 2.45) is 0 Å². The molecule has 3 nitrogen and oxygen atoms in total. The average Bonchev–Trinajstić information content (AvgIpc) is 3.35. The van der Waals surface area contributed by atoms with E-state index in [2.05, 4.69) is 84.3 Å². The normalized spacial score (nSPS) is 11.5. The number of carboxylic acids is 1. The van der Waals surface area contributed by atoms with E-state index in [9.17, 15) is 4.79 Å². The van der Waals surface area contributed by atoms with Crippen LogP contribution in [0.4, 0.5) is 0 Å². The van der Waals surface area contributed by atoms with E-state index in [1.54, 1.807) is 23.1 Å². The van der Waals surface area contributed by atoms with Crippen LogP contribution in [0.1, 0.15) is 16.7 Å². The van der Waals surface area contributed by atoms with Gasteiger partial charge in [0.1, 0.15) is 5.75 Å². The Morgan fingerprint density at radius 2 is 1.65 bits per heavy atom. The highest BCUT2D eigenvalue weighted by atomic mass is 32.2. The van der Waals surface area contributed by atoms with E-state index >= 15 is 0 Å². The first-order valence-electron chi connectivity index (χ1n) is 12.0. The zero-order valence-electron chi connectivity index (χ0n) is 20.4. The maximum atomic E-state index is 10.8. The van der Waals surface area contributed by atoms with E-state index in [-0.39, 0.29) is 6.61 Å². The van der Waals surface area contributed by atoms with Crippen LogP contribution in [0.3, 0.4) is 0 Å². The molecule has 5 rings (SSSR count). The predicted octanol–water partition coefficient (Wildman–Crippen LogP) is 8.56. The van der Waals surface area contributed by atoms with Gasteiger partial charge in [-0.2, -0.15) is 0 Å². The van der Waals surface area contributed by atoms with Gasteiger partial charge in [0, 0.05) is 26.3 Å². The van der Waals surface area contributed by atoms with E-state index < -0.39 is 5.97 Å². The molecule has 4 aromatic carbocycles. The summed E-state index contributed by atoms with van der Waals surface area (Å²) in [5, 5.41) is 12.4. The number of hydrogen-bond donors (Lipinski definition) is 1. The highest BCUT2D eigenvalue weighted by Crippen LogP contribution is 2.36. The number of carbonyl (C=O) groups is 1. The summed E-state index contributed by atoms with van der Waals surface area (Å²) in [6, 6.07) is 33.7. The van der Waals surface area contributed by atoms with Crippen LogP contribution in [0, 0.1) is 6.92 Å². The molecular weight excluding hydrogens is 496 g/mol. The van der Waals surface area contributed by atoms with Crippen LogP contribution in [0.2, 0.25) is 0 Å². The van der Waals surface area contributed by atoms with Gasteiger partial charge in [0.05, 0.1) is 0 Å². The molecule has 0 spiro atoms. The Morgan fingerprint density at radius 3 is 2.41 bits per heavy atom. The Balaban J connectivity index is 1.42. The molecule has 0 aliphatic rings. The maximum Gasteiger partial charge on any atom is 0.341 e. The summed E-state index contributed by atoms with van der Waals surface area (Å²) >= 11 is 3.52. The lowest BCUT2D eigenvalue weighted by molar-refractivity contribution is -0.139. The number of aliphatic carboxylic acids is 1. The van der Waals surface area contributed by atoms with Crippen LogP contribution in [-0.2, 0) is 4.79 Å². The minimum Gasteiger partial charge on any atom is -0.482 e. The molecule has 1 N–H and O–H groups in total. The van der Waals surface area contributed by atoms with Crippen LogP contribution in [-0.4, -0.2) is 23.4 Å². The third-order valence-corrected chi connectivity index (χ3v) is 7.99. The largest absolute Gasteiger partial charge is 0.482 e. The summed E-state index contributed by atoms with van der Waals surface area (Å²) in [4.78, 5) is 11.9. The Bertz CT molecular complexity index is 1550. The molecule has 0 unspecified atom stereocenters. The number of carboxylic acid groups (broad SMARTS) is 1. The number of thioether (sulfide) groups is 1. The molecule has 5 aromatic rings. The first-order chi connectivity index (χ1) is 18.1. The Hall–Kier alpha value is -3.80. The Kier molecular flexibility index (Phi) is 7.73. The lowest BCUT2D eigenvalue weighted by Gasteiger charge is -2.11. The van der Waals surface area contributed by atoms with Gasteiger partial charge < -0.3 is 9.84 Å². The van der Waals surface area contributed by atoms with Crippen molar-refractivity contribution in [3.05, 3.63) is 125 Å². The SMILES string of the molecule is Cc1cc(SC/C=C(/c2ccc(-c3ccccc3)cc2)c2csc3ccccc23)ccc1OCC(=O)O. The van der Waals surface area contributed by atoms with Gasteiger partial charge in [-0.25, -0.2) is 4.79 Å². The van der Waals surface area contributed by atoms with Crippen LogP contribution in [0.5, 0.6) is 5.75 Å². The fraction of sp³-hybridized carbons (Fsp3) is 0.0938. The number of benzene rings is 4. The lowest BCUT2D eigenvalue weighted by atomic mass is 9.95. The first kappa shape index (κ1) is 24.9. The molecule has 0 fully saturated rings. The highest BCUT2D eigenvalue weighted by Gasteiger charge is 2.12. The molecule has 0 saturated heterocycles. The summed E-state index contributed by atoms with van der Waals surface area (Å²) in [5.41, 5.74) is 7.01. The minimum absolute atomic E-state index is 0.336. The molecule has 37 heavy (non-hydrogen) atoms. The number of aryl methyl sites for hydroxylation is 1. The molecule has 184 valence electrons. The standard InChI is InChI=1S/C32H26O3S2/c1-22-19-26(15-16-30(22)35-20-32(33)34)36-18-17-27(29-21-37-31-10-6-5-9-28(29)31)25-13-11-24(12-14-25)23-7-3-2-4-8-23/h2-17,19,21H,18,20H2,1H3,(H,33,34)/b27-17-. The molecule has 0 atom stereocenters. The molecular formula is C32H26O3S2. The van der Waals surface area contributed by atoms with Crippen molar-refractivity contribution in [3.63, 3.8) is 0 Å².